The largest absolute Gasteiger partial charge is 0.392 e. The number of nitrogens with zero attached hydrogens (tertiary/aromatic N) is 2. The number of hydrogen-bond donors (Lipinski definition) is 2. The van der Waals surface area contributed by atoms with Gasteiger partial charge in [-0.2, -0.15) is 5.10 Å². The van der Waals surface area contributed by atoms with Gasteiger partial charge in [-0.15, -0.1) is 0 Å². The van der Waals surface area contributed by atoms with Gasteiger partial charge in [-0.3, -0.25) is 4.79 Å². The Morgan fingerprint density at radius 1 is 1.32 bits per heavy atom. The summed E-state index contributed by atoms with van der Waals surface area (Å²) >= 11 is 0. The Hall–Kier alpha value is -2.21. The molecule has 0 spiro atoms. The summed E-state index contributed by atoms with van der Waals surface area (Å²) in [6, 6.07) is 7.87. The van der Waals surface area contributed by atoms with Crippen LogP contribution in [-0.4, -0.2) is 26.9 Å². The number of aromatic nitrogens is 2. The number of aliphatic hydroxyl groups excluding tert-OH is 1. The van der Waals surface area contributed by atoms with Crippen LogP contribution in [0.4, 0.5) is 10.2 Å². The van der Waals surface area contributed by atoms with Gasteiger partial charge in [-0.05, 0) is 37.0 Å². The summed E-state index contributed by atoms with van der Waals surface area (Å²) in [5, 5.41) is 16.8. The highest BCUT2D eigenvalue weighted by Gasteiger charge is 2.31. The highest BCUT2D eigenvalue weighted by atomic mass is 19.1. The van der Waals surface area contributed by atoms with Crippen molar-refractivity contribution in [3.63, 3.8) is 0 Å². The molecule has 1 aromatic heterocycles. The van der Waals surface area contributed by atoms with E-state index in [2.05, 4.69) is 10.4 Å². The Balaban J connectivity index is 1.69. The van der Waals surface area contributed by atoms with Gasteiger partial charge in [-0.25, -0.2) is 9.07 Å². The van der Waals surface area contributed by atoms with Crippen molar-refractivity contribution < 1.29 is 14.3 Å². The fourth-order valence-corrected chi connectivity index (χ4v) is 2.79. The van der Waals surface area contributed by atoms with E-state index < -0.39 is 6.10 Å². The molecule has 1 aliphatic rings. The van der Waals surface area contributed by atoms with Crippen LogP contribution in [-0.2, 0) is 11.3 Å². The molecule has 2 atom stereocenters. The van der Waals surface area contributed by atoms with Crippen molar-refractivity contribution in [1.82, 2.24) is 9.78 Å². The first kappa shape index (κ1) is 14.7. The van der Waals surface area contributed by atoms with Crippen LogP contribution in [0.15, 0.2) is 36.5 Å². The monoisotopic (exact) mass is 303 g/mol. The van der Waals surface area contributed by atoms with E-state index in [-0.39, 0.29) is 17.6 Å². The average Bonchev–Trinajstić information content (AvgIpc) is 3.11. The van der Waals surface area contributed by atoms with E-state index in [0.29, 0.717) is 25.2 Å². The molecule has 1 aliphatic carbocycles. The van der Waals surface area contributed by atoms with Crippen molar-refractivity contribution in [2.24, 2.45) is 5.92 Å². The molecule has 0 bridgehead atoms. The zero-order chi connectivity index (χ0) is 15.5. The summed E-state index contributed by atoms with van der Waals surface area (Å²) < 4.78 is 14.6. The van der Waals surface area contributed by atoms with Crippen LogP contribution in [0.5, 0.6) is 0 Å². The second-order valence-corrected chi connectivity index (χ2v) is 5.59. The number of nitrogens with one attached hydrogen (secondary N) is 1. The number of carbonyl (C=O) groups is 1. The fourth-order valence-electron chi connectivity index (χ4n) is 2.79. The first-order chi connectivity index (χ1) is 10.6. The normalized spacial score (nSPS) is 21.0. The molecule has 5 nitrogen and oxygen atoms in total. The number of rotatable bonds is 4. The summed E-state index contributed by atoms with van der Waals surface area (Å²) in [7, 11) is 0. The van der Waals surface area contributed by atoms with E-state index in [4.69, 9.17) is 0 Å². The zero-order valence-electron chi connectivity index (χ0n) is 12.1. The van der Waals surface area contributed by atoms with Gasteiger partial charge in [0.1, 0.15) is 11.6 Å². The van der Waals surface area contributed by atoms with Gasteiger partial charge in [0.2, 0.25) is 5.91 Å². The smallest absolute Gasteiger partial charge is 0.231 e. The third kappa shape index (κ3) is 3.17. The predicted molar refractivity (Wildman–Crippen MR) is 79.7 cm³/mol. The van der Waals surface area contributed by atoms with Crippen LogP contribution < -0.4 is 5.32 Å². The number of carbonyl (C=O) groups excluding carboxylic acids is 1. The Labute approximate surface area is 127 Å². The molecule has 1 fully saturated rings. The summed E-state index contributed by atoms with van der Waals surface area (Å²) in [4.78, 5) is 12.2. The summed E-state index contributed by atoms with van der Waals surface area (Å²) in [6.07, 6.45) is 3.29. The van der Waals surface area contributed by atoms with Crippen molar-refractivity contribution in [1.29, 1.82) is 0 Å². The SMILES string of the molecule is O=C(Nc1ccnn1Cc1ccc(F)cc1)C1CCCC1O. The lowest BCUT2D eigenvalue weighted by atomic mass is 10.1. The number of halogens is 1. The van der Waals surface area contributed by atoms with Gasteiger partial charge < -0.3 is 10.4 Å². The molecule has 0 radical (unpaired) electrons. The highest BCUT2D eigenvalue weighted by Crippen LogP contribution is 2.26. The zero-order valence-corrected chi connectivity index (χ0v) is 12.1. The minimum Gasteiger partial charge on any atom is -0.392 e. The molecule has 1 heterocycles. The molecule has 1 amide bonds. The third-order valence-electron chi connectivity index (χ3n) is 4.03. The minimum absolute atomic E-state index is 0.175. The first-order valence-corrected chi connectivity index (χ1v) is 7.38. The average molecular weight is 303 g/mol. The summed E-state index contributed by atoms with van der Waals surface area (Å²) in [5.41, 5.74) is 0.890. The molecule has 2 aromatic rings. The minimum atomic E-state index is -0.562. The second-order valence-electron chi connectivity index (χ2n) is 5.59. The summed E-state index contributed by atoms with van der Waals surface area (Å²) in [6.45, 7) is 0.441. The van der Waals surface area contributed by atoms with Crippen LogP contribution in [0, 0.1) is 11.7 Å². The van der Waals surface area contributed by atoms with E-state index in [1.165, 1.54) is 12.1 Å². The van der Waals surface area contributed by atoms with Crippen LogP contribution >= 0.6 is 0 Å². The third-order valence-corrected chi connectivity index (χ3v) is 4.03. The van der Waals surface area contributed by atoms with Gasteiger partial charge in [-0.1, -0.05) is 12.1 Å². The van der Waals surface area contributed by atoms with E-state index in [0.717, 1.165) is 12.0 Å². The lowest BCUT2D eigenvalue weighted by Gasteiger charge is -2.15. The number of hydrogen-bond acceptors (Lipinski definition) is 3. The Morgan fingerprint density at radius 3 is 2.77 bits per heavy atom. The maximum atomic E-state index is 12.9. The molecule has 2 unspecified atom stereocenters. The number of amides is 1. The molecule has 22 heavy (non-hydrogen) atoms. The standard InChI is InChI=1S/C16H18FN3O2/c17-12-6-4-11(5-7-12)10-20-15(8-9-18-20)19-16(22)13-2-1-3-14(13)21/h4-9,13-14,21H,1-3,10H2,(H,19,22). The Morgan fingerprint density at radius 2 is 2.09 bits per heavy atom. The second kappa shape index (κ2) is 6.27. The number of aliphatic hydroxyl groups is 1. The lowest BCUT2D eigenvalue weighted by molar-refractivity contribution is -0.122. The quantitative estimate of drug-likeness (QED) is 0.909. The Kier molecular flexibility index (Phi) is 4.20. The molecule has 116 valence electrons. The number of anilines is 1. The van der Waals surface area contributed by atoms with Crippen LogP contribution in [0.25, 0.3) is 0 Å². The lowest BCUT2D eigenvalue weighted by Crippen LogP contribution is -2.29. The van der Waals surface area contributed by atoms with Crippen LogP contribution in [0.3, 0.4) is 0 Å². The molecule has 0 aliphatic heterocycles. The molecule has 1 aromatic carbocycles. The van der Waals surface area contributed by atoms with E-state index in [1.54, 1.807) is 29.1 Å². The van der Waals surface area contributed by atoms with Crippen molar-refractivity contribution >= 4 is 11.7 Å². The molecular formula is C16H18FN3O2. The maximum absolute atomic E-state index is 12.9. The van der Waals surface area contributed by atoms with Gasteiger partial charge in [0.15, 0.2) is 0 Å². The van der Waals surface area contributed by atoms with Gasteiger partial charge in [0.25, 0.3) is 0 Å². The van der Waals surface area contributed by atoms with Gasteiger partial charge in [0.05, 0.1) is 24.8 Å². The Bertz CT molecular complexity index is 654. The molecule has 1 saturated carbocycles. The van der Waals surface area contributed by atoms with Crippen LogP contribution in [0.2, 0.25) is 0 Å². The maximum Gasteiger partial charge on any atom is 0.231 e. The van der Waals surface area contributed by atoms with E-state index in [1.807, 2.05) is 0 Å². The van der Waals surface area contributed by atoms with Gasteiger partial charge in [0, 0.05) is 6.07 Å². The summed E-state index contributed by atoms with van der Waals surface area (Å²) in [5.74, 6) is -0.235. The van der Waals surface area contributed by atoms with Crippen molar-refractivity contribution in [2.45, 2.75) is 31.9 Å². The van der Waals surface area contributed by atoms with Crippen molar-refractivity contribution in [2.75, 3.05) is 5.32 Å². The molecule has 6 heteroatoms. The molecule has 3 rings (SSSR count). The van der Waals surface area contributed by atoms with Crippen molar-refractivity contribution in [3.8, 4) is 0 Å². The van der Waals surface area contributed by atoms with Crippen molar-refractivity contribution in [3.05, 3.63) is 47.9 Å². The predicted octanol–water partition coefficient (Wildman–Crippen LogP) is 2.17. The van der Waals surface area contributed by atoms with Crippen LogP contribution in [0.1, 0.15) is 24.8 Å². The molecule has 0 saturated heterocycles. The number of benzene rings is 1. The highest BCUT2D eigenvalue weighted by molar-refractivity contribution is 5.92. The molecule has 2 N–H and O–H groups in total. The topological polar surface area (TPSA) is 67.2 Å². The van der Waals surface area contributed by atoms with E-state index in [9.17, 15) is 14.3 Å². The fraction of sp³-hybridized carbons (Fsp3) is 0.375. The van der Waals surface area contributed by atoms with E-state index >= 15 is 0 Å². The molecular weight excluding hydrogens is 285 g/mol. The van der Waals surface area contributed by atoms with Gasteiger partial charge >= 0.3 is 0 Å². The first-order valence-electron chi connectivity index (χ1n) is 7.38.